The zero-order chi connectivity index (χ0) is 27.2. The van der Waals surface area contributed by atoms with Crippen molar-refractivity contribution in [3.05, 3.63) is 29.8 Å². The highest BCUT2D eigenvalue weighted by molar-refractivity contribution is 5.79. The molecule has 5 fully saturated rings. The highest BCUT2D eigenvalue weighted by Gasteiger charge is 2.61. The van der Waals surface area contributed by atoms with Crippen LogP contribution in [0.25, 0.3) is 0 Å². The van der Waals surface area contributed by atoms with Crippen molar-refractivity contribution in [2.24, 2.45) is 34.5 Å². The fourth-order valence-corrected chi connectivity index (χ4v) is 10.6. The van der Waals surface area contributed by atoms with E-state index in [1.165, 1.54) is 63.4 Å². The van der Waals surface area contributed by atoms with Crippen molar-refractivity contribution in [1.29, 1.82) is 0 Å². The number of hydrogen-bond donors (Lipinski definition) is 1. The lowest BCUT2D eigenvalue weighted by atomic mass is 9.44. The molecule has 0 spiro atoms. The van der Waals surface area contributed by atoms with Crippen LogP contribution in [0.1, 0.15) is 122 Å². The van der Waals surface area contributed by atoms with Gasteiger partial charge in [0.05, 0.1) is 12.7 Å². The van der Waals surface area contributed by atoms with E-state index in [0.717, 1.165) is 50.2 Å². The molecule has 6 rings (SSSR count). The number of hydrogen-bond acceptors (Lipinski definition) is 4. The van der Waals surface area contributed by atoms with E-state index in [2.05, 4.69) is 50.1 Å². The van der Waals surface area contributed by atoms with E-state index >= 15 is 0 Å². The van der Waals surface area contributed by atoms with Gasteiger partial charge in [-0.1, -0.05) is 38.3 Å². The molecule has 1 aromatic rings. The van der Waals surface area contributed by atoms with Gasteiger partial charge >= 0.3 is 0 Å². The van der Waals surface area contributed by atoms with Crippen molar-refractivity contribution in [1.82, 2.24) is 4.90 Å². The molecule has 5 saturated carbocycles. The summed E-state index contributed by atoms with van der Waals surface area (Å²) in [6.07, 6.45) is 17.2. The molecule has 4 nitrogen and oxygen atoms in total. The van der Waals surface area contributed by atoms with Gasteiger partial charge in [0.1, 0.15) is 11.5 Å². The van der Waals surface area contributed by atoms with Crippen molar-refractivity contribution in [3.63, 3.8) is 0 Å². The first-order chi connectivity index (χ1) is 18.8. The molecule has 0 aliphatic heterocycles. The highest BCUT2D eigenvalue weighted by Crippen LogP contribution is 2.66. The van der Waals surface area contributed by atoms with Gasteiger partial charge in [0.25, 0.3) is 0 Å². The zero-order valence-electron chi connectivity index (χ0n) is 24.9. The van der Waals surface area contributed by atoms with E-state index in [9.17, 15) is 9.90 Å². The lowest BCUT2D eigenvalue weighted by molar-refractivity contribution is -0.145. The maximum absolute atomic E-state index is 12.2. The van der Waals surface area contributed by atoms with Gasteiger partial charge in [0.2, 0.25) is 0 Å². The van der Waals surface area contributed by atoms with Gasteiger partial charge < -0.3 is 9.84 Å². The number of ketones is 1. The number of aliphatic hydroxyl groups is 1. The lowest BCUT2D eigenvalue weighted by Gasteiger charge is -2.60. The second kappa shape index (κ2) is 11.1. The topological polar surface area (TPSA) is 49.8 Å². The van der Waals surface area contributed by atoms with Crippen molar-refractivity contribution in [2.75, 3.05) is 13.7 Å². The predicted molar refractivity (Wildman–Crippen MR) is 157 cm³/mol. The van der Waals surface area contributed by atoms with Crippen LogP contribution in [0, 0.1) is 34.5 Å². The fourth-order valence-electron chi connectivity index (χ4n) is 10.6. The molecule has 0 heterocycles. The average Bonchev–Trinajstić information content (AvgIpc) is 3.29. The van der Waals surface area contributed by atoms with Crippen molar-refractivity contribution in [3.8, 4) is 5.75 Å². The molecule has 0 amide bonds. The minimum Gasteiger partial charge on any atom is -0.494 e. The summed E-state index contributed by atoms with van der Waals surface area (Å²) in [5, 5.41) is 11.4. The number of Topliss-reactive ketones (excluding diaryl/α,β-unsaturated/α-hetero) is 1. The van der Waals surface area contributed by atoms with Crippen LogP contribution in [0.2, 0.25) is 0 Å². The van der Waals surface area contributed by atoms with Gasteiger partial charge in [-0.3, -0.25) is 9.69 Å². The summed E-state index contributed by atoms with van der Waals surface area (Å²) < 4.78 is 6.46. The van der Waals surface area contributed by atoms with Gasteiger partial charge in [0.15, 0.2) is 0 Å². The summed E-state index contributed by atoms with van der Waals surface area (Å²) in [6.45, 7) is 5.54. The number of carbonyl (C=O) groups excluding carboxylic acids is 1. The molecule has 0 radical (unpaired) electrons. The third-order valence-electron chi connectivity index (χ3n) is 13.1. The molecule has 39 heavy (non-hydrogen) atoms. The number of fused-ring (bicyclic) bond motifs is 5. The molecule has 8 atom stereocenters. The number of nitrogens with zero attached hydrogens (tertiary/aromatic N) is 1. The van der Waals surface area contributed by atoms with Crippen LogP contribution in [-0.4, -0.2) is 41.6 Å². The zero-order valence-corrected chi connectivity index (χ0v) is 24.9. The first kappa shape index (κ1) is 27.8. The van der Waals surface area contributed by atoms with Crippen LogP contribution in [-0.2, 0) is 4.79 Å². The van der Waals surface area contributed by atoms with Gasteiger partial charge in [-0.2, -0.15) is 0 Å². The summed E-state index contributed by atoms with van der Waals surface area (Å²) in [5.74, 6) is 4.12. The Bertz CT molecular complexity index is 1020. The quantitative estimate of drug-likeness (QED) is 0.388. The van der Waals surface area contributed by atoms with Crippen molar-refractivity contribution < 1.29 is 14.6 Å². The summed E-state index contributed by atoms with van der Waals surface area (Å²) in [5.41, 5.74) is 1.68. The van der Waals surface area contributed by atoms with Crippen LogP contribution in [0.5, 0.6) is 5.75 Å². The van der Waals surface area contributed by atoms with Crippen molar-refractivity contribution >= 4 is 5.78 Å². The Hall–Kier alpha value is -1.39. The molecule has 0 saturated heterocycles. The summed E-state index contributed by atoms with van der Waals surface area (Å²) >= 11 is 0. The molecule has 1 N–H and O–H groups in total. The predicted octanol–water partition coefficient (Wildman–Crippen LogP) is 7.73. The molecule has 4 unspecified atom stereocenters. The van der Waals surface area contributed by atoms with Gasteiger partial charge in [-0.25, -0.2) is 0 Å². The SMILES string of the molecule is C[C@@H](c1cccc(OCC[C@]23CCC4C(CCC5CC(=O)CC[C@@]54C)C2CC[C@@H]3O)c1)N(C)C1CCCCC1. The van der Waals surface area contributed by atoms with Crippen molar-refractivity contribution in [2.45, 2.75) is 128 Å². The summed E-state index contributed by atoms with van der Waals surface area (Å²) in [7, 11) is 2.30. The number of benzene rings is 1. The van der Waals surface area contributed by atoms with Crippen LogP contribution in [0.3, 0.4) is 0 Å². The van der Waals surface area contributed by atoms with Crippen LogP contribution >= 0.6 is 0 Å². The number of ether oxygens (including phenoxy) is 1. The molecule has 1 aromatic carbocycles. The molecule has 216 valence electrons. The minimum atomic E-state index is -0.194. The number of carbonyl (C=O) groups is 1. The first-order valence-corrected chi connectivity index (χ1v) is 16.5. The van der Waals surface area contributed by atoms with Crippen LogP contribution in [0.15, 0.2) is 24.3 Å². The normalized spacial score (nSPS) is 39.6. The minimum absolute atomic E-state index is 0.0148. The molecule has 4 heteroatoms. The fraction of sp³-hybridized carbons (Fsp3) is 0.800. The molecule has 0 bridgehead atoms. The molecule has 5 aliphatic rings. The maximum Gasteiger partial charge on any atom is 0.133 e. The van der Waals surface area contributed by atoms with Gasteiger partial charge in [0, 0.05) is 30.3 Å². The van der Waals surface area contributed by atoms with Crippen LogP contribution in [0.4, 0.5) is 0 Å². The molecule has 0 aromatic heterocycles. The second-order valence-corrected chi connectivity index (χ2v) is 14.6. The molecule has 5 aliphatic carbocycles. The standard InChI is InChI=1S/C35H53NO3/c1-24(36(3)27-9-5-4-6-10-27)25-8-7-11-29(22-25)39-21-20-35-19-17-31-30(32(35)14-15-33(35)38)13-12-26-23-28(37)16-18-34(26,31)2/h7-8,11,22,24,26-27,30-33,38H,4-6,9-10,12-21,23H2,1-3H3/t24-,26?,30?,31?,32?,33-,34-,35+/m0/s1. The Morgan fingerprint density at radius 3 is 2.67 bits per heavy atom. The summed E-state index contributed by atoms with van der Waals surface area (Å²) in [4.78, 5) is 14.8. The number of rotatable bonds is 7. The smallest absolute Gasteiger partial charge is 0.133 e. The van der Waals surface area contributed by atoms with E-state index in [1.807, 2.05) is 0 Å². The lowest BCUT2D eigenvalue weighted by Crippen LogP contribution is -2.55. The summed E-state index contributed by atoms with van der Waals surface area (Å²) in [6, 6.07) is 9.86. The third-order valence-corrected chi connectivity index (χ3v) is 13.1. The Morgan fingerprint density at radius 1 is 1.03 bits per heavy atom. The number of aliphatic hydroxyl groups excluding tert-OH is 1. The molecular weight excluding hydrogens is 482 g/mol. The molecular formula is C35H53NO3. The highest BCUT2D eigenvalue weighted by atomic mass is 16.5. The maximum atomic E-state index is 12.2. The van der Waals surface area contributed by atoms with Gasteiger partial charge in [-0.15, -0.1) is 0 Å². The van der Waals surface area contributed by atoms with E-state index in [0.29, 0.717) is 47.6 Å². The Balaban J connectivity index is 1.11. The van der Waals surface area contributed by atoms with E-state index in [4.69, 9.17) is 4.74 Å². The van der Waals surface area contributed by atoms with E-state index < -0.39 is 0 Å². The Morgan fingerprint density at radius 2 is 1.85 bits per heavy atom. The average molecular weight is 536 g/mol. The van der Waals surface area contributed by atoms with Crippen LogP contribution < -0.4 is 4.74 Å². The third kappa shape index (κ3) is 5.00. The monoisotopic (exact) mass is 535 g/mol. The van der Waals surface area contributed by atoms with E-state index in [1.54, 1.807) is 0 Å². The Kier molecular flexibility index (Phi) is 7.92. The van der Waals surface area contributed by atoms with E-state index in [-0.39, 0.29) is 11.5 Å². The second-order valence-electron chi connectivity index (χ2n) is 14.6. The Labute approximate surface area is 237 Å². The van der Waals surface area contributed by atoms with Gasteiger partial charge in [-0.05, 0) is 125 Å². The first-order valence-electron chi connectivity index (χ1n) is 16.5. The largest absolute Gasteiger partial charge is 0.494 e.